The zero-order chi connectivity index (χ0) is 13.8. The zero-order valence-corrected chi connectivity index (χ0v) is 11.6. The molecule has 2 aliphatic rings. The summed E-state index contributed by atoms with van der Waals surface area (Å²) in [6, 6.07) is -0.639. The highest BCUT2D eigenvalue weighted by Crippen LogP contribution is 2.32. The summed E-state index contributed by atoms with van der Waals surface area (Å²) < 4.78 is 21.7. The van der Waals surface area contributed by atoms with Gasteiger partial charge >= 0.3 is 0 Å². The van der Waals surface area contributed by atoms with Crippen LogP contribution in [0.15, 0.2) is 0 Å². The number of rotatable bonds is 4. The molecule has 0 bridgehead atoms. The predicted molar refractivity (Wildman–Crippen MR) is 72.5 cm³/mol. The molecule has 2 aliphatic heterocycles. The van der Waals surface area contributed by atoms with Crippen molar-refractivity contribution in [2.45, 2.75) is 49.6 Å². The van der Waals surface area contributed by atoms with E-state index in [9.17, 15) is 0 Å². The molecular weight excluding hydrogens is 265 g/mol. The third-order valence-electron chi connectivity index (χ3n) is 3.18. The maximum Gasteiger partial charge on any atom is 0.169 e. The Labute approximate surface area is 117 Å². The van der Waals surface area contributed by atoms with E-state index in [1.165, 1.54) is 0 Å². The third-order valence-corrected chi connectivity index (χ3v) is 4.06. The molecule has 102 valence electrons. The van der Waals surface area contributed by atoms with Gasteiger partial charge in [-0.15, -0.1) is 0 Å². The van der Waals surface area contributed by atoms with Gasteiger partial charge in [0.1, 0.15) is 27.9 Å². The van der Waals surface area contributed by atoms with Crippen molar-refractivity contribution in [3.63, 3.8) is 0 Å². The Kier molecular flexibility index (Phi) is 5.79. The molecule has 0 aromatic rings. The van der Waals surface area contributed by atoms with Crippen molar-refractivity contribution in [1.29, 1.82) is 0 Å². The van der Waals surface area contributed by atoms with E-state index in [-0.39, 0.29) is 24.8 Å². The lowest BCUT2D eigenvalue weighted by molar-refractivity contribution is 0.00157. The molecule has 0 aromatic carbocycles. The second kappa shape index (κ2) is 7.14. The van der Waals surface area contributed by atoms with E-state index >= 15 is 0 Å². The number of hydrogen-bond acceptors (Lipinski definition) is 5. The van der Waals surface area contributed by atoms with Gasteiger partial charge in [0.05, 0.1) is 19.3 Å². The highest BCUT2D eigenvalue weighted by Gasteiger charge is 2.33. The van der Waals surface area contributed by atoms with Crippen LogP contribution in [-0.2, 0) is 18.5 Å². The van der Waals surface area contributed by atoms with E-state index < -0.39 is 19.9 Å². The van der Waals surface area contributed by atoms with Gasteiger partial charge in [-0.3, -0.25) is 0 Å². The van der Waals surface area contributed by atoms with Crippen LogP contribution >= 0.6 is 7.83 Å². The maximum absolute atomic E-state index is 9.13. The SMILES string of the molecule is [B][C@H]1C[C@@H](OP(#C)OC[C@@H]2CC[C@H]([B])O2)C(CO)O1. The highest BCUT2D eigenvalue weighted by molar-refractivity contribution is 7.35. The van der Waals surface area contributed by atoms with Gasteiger partial charge in [-0.2, -0.15) is 0 Å². The van der Waals surface area contributed by atoms with Crippen LogP contribution in [0.25, 0.3) is 0 Å². The molecule has 0 amide bonds. The molecule has 2 rings (SSSR count). The number of ether oxygens (including phenoxy) is 2. The van der Waals surface area contributed by atoms with Gasteiger partial charge < -0.3 is 23.6 Å². The van der Waals surface area contributed by atoms with Gasteiger partial charge in [0, 0.05) is 12.0 Å². The summed E-state index contributed by atoms with van der Waals surface area (Å²) in [6.45, 7) is 0.210. The minimum atomic E-state index is -1.54. The van der Waals surface area contributed by atoms with Crippen molar-refractivity contribution >= 4 is 23.5 Å². The summed E-state index contributed by atoms with van der Waals surface area (Å²) in [6.07, 6.45) is 7.17. The largest absolute Gasteiger partial charge is 0.394 e. The average Bonchev–Trinajstić information content (AvgIpc) is 2.93. The van der Waals surface area contributed by atoms with Crippen molar-refractivity contribution in [3.05, 3.63) is 0 Å². The van der Waals surface area contributed by atoms with Gasteiger partial charge in [-0.1, -0.05) is 6.13 Å². The van der Waals surface area contributed by atoms with E-state index in [0.29, 0.717) is 13.0 Å². The van der Waals surface area contributed by atoms with Crippen LogP contribution < -0.4 is 0 Å². The summed E-state index contributed by atoms with van der Waals surface area (Å²) >= 11 is 0. The molecular formula is C11H17B2O5P. The molecule has 2 fully saturated rings. The Morgan fingerprint density at radius 2 is 2.05 bits per heavy atom. The van der Waals surface area contributed by atoms with Gasteiger partial charge in [0.2, 0.25) is 0 Å². The van der Waals surface area contributed by atoms with Gasteiger partial charge in [0.15, 0.2) is 7.83 Å². The van der Waals surface area contributed by atoms with Crippen molar-refractivity contribution in [2.24, 2.45) is 0 Å². The fourth-order valence-corrected chi connectivity index (χ4v) is 3.06. The fourth-order valence-electron chi connectivity index (χ4n) is 2.20. The second-order valence-electron chi connectivity index (χ2n) is 4.73. The first kappa shape index (κ1) is 15.4. The second-order valence-corrected chi connectivity index (χ2v) is 5.77. The van der Waals surface area contributed by atoms with E-state index in [4.69, 9.17) is 45.5 Å². The van der Waals surface area contributed by atoms with E-state index in [2.05, 4.69) is 0 Å². The first-order valence-corrected chi connectivity index (χ1v) is 7.60. The summed E-state index contributed by atoms with van der Waals surface area (Å²) in [5.41, 5.74) is 0. The highest BCUT2D eigenvalue weighted by atomic mass is 31.1. The Hall–Kier alpha value is 0.00987. The van der Waals surface area contributed by atoms with Crippen LogP contribution in [0.3, 0.4) is 0 Å². The number of aliphatic hydroxyl groups excluding tert-OH is 1. The summed E-state index contributed by atoms with van der Waals surface area (Å²) in [5, 5.41) is 9.13. The van der Waals surface area contributed by atoms with Crippen LogP contribution in [0.1, 0.15) is 19.3 Å². The Morgan fingerprint density at radius 1 is 1.26 bits per heavy atom. The van der Waals surface area contributed by atoms with Crippen molar-refractivity contribution in [3.8, 4) is 6.13 Å². The quantitative estimate of drug-likeness (QED) is 0.591. The molecule has 0 spiro atoms. The summed E-state index contributed by atoms with van der Waals surface area (Å²) in [4.78, 5) is 0. The Balaban J connectivity index is 1.69. The van der Waals surface area contributed by atoms with Gasteiger partial charge in [-0.25, -0.2) is 0 Å². The minimum Gasteiger partial charge on any atom is -0.394 e. The van der Waals surface area contributed by atoms with Crippen LogP contribution in [0.5, 0.6) is 0 Å². The zero-order valence-electron chi connectivity index (χ0n) is 10.7. The fraction of sp³-hybridized carbons (Fsp3) is 0.909. The van der Waals surface area contributed by atoms with Crippen molar-refractivity contribution in [1.82, 2.24) is 0 Å². The van der Waals surface area contributed by atoms with E-state index in [0.717, 1.165) is 12.8 Å². The van der Waals surface area contributed by atoms with Crippen LogP contribution in [-0.4, -0.2) is 64.3 Å². The molecule has 0 aromatic heterocycles. The van der Waals surface area contributed by atoms with Crippen LogP contribution in [0.2, 0.25) is 0 Å². The smallest absolute Gasteiger partial charge is 0.169 e. The third kappa shape index (κ3) is 4.51. The predicted octanol–water partition coefficient (Wildman–Crippen LogP) is 0.238. The Morgan fingerprint density at radius 3 is 2.68 bits per heavy atom. The lowest BCUT2D eigenvalue weighted by atomic mass is 9.96. The van der Waals surface area contributed by atoms with E-state index in [1.54, 1.807) is 0 Å². The molecule has 0 aliphatic carbocycles. The number of hydrogen-bond donors (Lipinski definition) is 1. The molecule has 0 saturated carbocycles. The van der Waals surface area contributed by atoms with E-state index in [1.807, 2.05) is 0 Å². The van der Waals surface area contributed by atoms with Gasteiger partial charge in [-0.05, 0) is 19.3 Å². The number of aliphatic hydroxyl groups is 1. The molecule has 8 heteroatoms. The molecule has 2 saturated heterocycles. The van der Waals surface area contributed by atoms with Crippen LogP contribution in [0, 0.1) is 6.13 Å². The topological polar surface area (TPSA) is 57.2 Å². The normalized spacial score (nSPS) is 39.6. The molecule has 2 heterocycles. The lowest BCUT2D eigenvalue weighted by Crippen LogP contribution is -2.26. The first-order chi connectivity index (χ1) is 9.08. The molecule has 5 nitrogen and oxygen atoms in total. The molecule has 6 atom stereocenters. The monoisotopic (exact) mass is 282 g/mol. The maximum atomic E-state index is 9.13. The average molecular weight is 282 g/mol. The molecule has 19 heavy (non-hydrogen) atoms. The molecule has 2 unspecified atom stereocenters. The molecule has 4 radical (unpaired) electrons. The van der Waals surface area contributed by atoms with Crippen molar-refractivity contribution < 1.29 is 23.6 Å². The minimum absolute atomic E-state index is 0.0251. The summed E-state index contributed by atoms with van der Waals surface area (Å²) in [7, 11) is 9.71. The van der Waals surface area contributed by atoms with Crippen molar-refractivity contribution in [2.75, 3.05) is 13.2 Å². The van der Waals surface area contributed by atoms with Gasteiger partial charge in [0.25, 0.3) is 0 Å². The van der Waals surface area contributed by atoms with Crippen LogP contribution in [0.4, 0.5) is 0 Å². The summed E-state index contributed by atoms with van der Waals surface area (Å²) in [5.74, 6) is 0. The first-order valence-electron chi connectivity index (χ1n) is 6.36. The standard InChI is InChI=1S/C11H17B2O5P/c1-19(15-6-7-2-3-10(12)16-7)18-8-4-11(13)17-9(8)5-14/h1,7-11,14H,2-6H2/t7-,8+,9?,10+,11+/m0/s1. The lowest BCUT2D eigenvalue weighted by Gasteiger charge is -2.18. The Bertz CT molecular complexity index is 361. The molecule has 1 N–H and O–H groups in total.